The number of piperidine rings is 1. The van der Waals surface area contributed by atoms with Crippen molar-refractivity contribution in [2.24, 2.45) is 16.6 Å². The quantitative estimate of drug-likeness (QED) is 0.180. The van der Waals surface area contributed by atoms with Crippen molar-refractivity contribution in [3.8, 4) is 11.5 Å². The Bertz CT molecular complexity index is 723. The van der Waals surface area contributed by atoms with Crippen LogP contribution < -0.4 is 25.8 Å². The first-order valence-corrected chi connectivity index (χ1v) is 11.1. The van der Waals surface area contributed by atoms with Gasteiger partial charge in [0.2, 0.25) is 12.7 Å². The molecule has 3 rings (SSSR count). The molecule has 174 valence electrons. The van der Waals surface area contributed by atoms with Gasteiger partial charge in [0.15, 0.2) is 17.5 Å². The monoisotopic (exact) mass is 545 g/mol. The van der Waals surface area contributed by atoms with Gasteiger partial charge in [-0.2, -0.15) is 0 Å². The minimum absolute atomic E-state index is 0. The number of primary amides is 1. The molecule has 9 heteroatoms. The van der Waals surface area contributed by atoms with Gasteiger partial charge in [-0.05, 0) is 76.4 Å². The van der Waals surface area contributed by atoms with Crippen LogP contribution in [-0.2, 0) is 11.2 Å². The summed E-state index contributed by atoms with van der Waals surface area (Å²) in [6.45, 7) is 7.84. The molecule has 0 spiro atoms. The van der Waals surface area contributed by atoms with Crippen LogP contribution >= 0.6 is 24.0 Å². The lowest BCUT2D eigenvalue weighted by atomic mass is 9.96. The van der Waals surface area contributed by atoms with E-state index in [1.807, 2.05) is 12.1 Å². The molecule has 0 bridgehead atoms. The summed E-state index contributed by atoms with van der Waals surface area (Å²) in [5.74, 6) is 2.43. The molecule has 1 aromatic carbocycles. The number of nitrogens with zero attached hydrogens (tertiary/aromatic N) is 2. The number of ether oxygens (including phenoxy) is 2. The molecule has 31 heavy (non-hydrogen) atoms. The summed E-state index contributed by atoms with van der Waals surface area (Å²) in [4.78, 5) is 18.4. The first-order chi connectivity index (χ1) is 14.7. The van der Waals surface area contributed by atoms with Crippen LogP contribution in [0.2, 0.25) is 0 Å². The van der Waals surface area contributed by atoms with E-state index in [4.69, 9.17) is 20.2 Å². The molecule has 1 aromatic rings. The predicted molar refractivity (Wildman–Crippen MR) is 133 cm³/mol. The van der Waals surface area contributed by atoms with Crippen LogP contribution in [-0.4, -0.2) is 62.8 Å². The number of hydrogen-bond acceptors (Lipinski definition) is 5. The average Bonchev–Trinajstić information content (AvgIpc) is 3.21. The zero-order chi connectivity index (χ0) is 21.2. The Morgan fingerprint density at radius 1 is 1.19 bits per heavy atom. The van der Waals surface area contributed by atoms with Crippen LogP contribution in [0.5, 0.6) is 11.5 Å². The van der Waals surface area contributed by atoms with Gasteiger partial charge in [-0.25, -0.2) is 0 Å². The van der Waals surface area contributed by atoms with Gasteiger partial charge in [0.05, 0.1) is 0 Å². The van der Waals surface area contributed by atoms with E-state index < -0.39 is 0 Å². The number of amides is 1. The highest BCUT2D eigenvalue weighted by atomic mass is 127. The third-order valence-electron chi connectivity index (χ3n) is 5.63. The molecule has 4 N–H and O–H groups in total. The zero-order valence-electron chi connectivity index (χ0n) is 18.4. The molecule has 0 aliphatic carbocycles. The van der Waals surface area contributed by atoms with Gasteiger partial charge in [0, 0.05) is 25.6 Å². The Kier molecular flexibility index (Phi) is 11.2. The summed E-state index contributed by atoms with van der Waals surface area (Å²) in [5.41, 5.74) is 6.61. The lowest BCUT2D eigenvalue weighted by molar-refractivity contribution is -0.123. The van der Waals surface area contributed by atoms with Gasteiger partial charge < -0.3 is 30.7 Å². The van der Waals surface area contributed by atoms with E-state index in [9.17, 15) is 4.79 Å². The number of guanidine groups is 1. The molecule has 0 aromatic heterocycles. The van der Waals surface area contributed by atoms with Crippen molar-refractivity contribution >= 4 is 35.8 Å². The van der Waals surface area contributed by atoms with Crippen molar-refractivity contribution < 1.29 is 14.3 Å². The molecule has 0 atom stereocenters. The largest absolute Gasteiger partial charge is 0.454 e. The van der Waals surface area contributed by atoms with E-state index in [2.05, 4.69) is 28.5 Å². The molecule has 2 aliphatic rings. The van der Waals surface area contributed by atoms with Gasteiger partial charge >= 0.3 is 0 Å². The fraction of sp³-hybridized carbons (Fsp3) is 0.636. The number of rotatable bonds is 10. The van der Waals surface area contributed by atoms with Crippen LogP contribution in [0, 0.1) is 5.92 Å². The molecule has 1 fully saturated rings. The molecule has 8 nitrogen and oxygen atoms in total. The number of nitrogens with two attached hydrogens (primary N) is 1. The standard InChI is InChI=1S/C22H35N5O3.HI/c1-2-24-22(26-11-7-17-5-6-19-20(15-17)30-16-29-19)25-10-3-4-12-27-13-8-18(9-14-27)21(23)28;/h5-6,15,18H,2-4,7-14,16H2,1H3,(H2,23,28)(H2,24,25,26);1H. The van der Waals surface area contributed by atoms with Crippen molar-refractivity contribution in [3.63, 3.8) is 0 Å². The van der Waals surface area contributed by atoms with Crippen molar-refractivity contribution in [3.05, 3.63) is 23.8 Å². The summed E-state index contributed by atoms with van der Waals surface area (Å²) in [6, 6.07) is 6.08. The number of halogens is 1. The first-order valence-electron chi connectivity index (χ1n) is 11.1. The number of fused-ring (bicyclic) bond motifs is 1. The number of unbranched alkanes of at least 4 members (excludes halogenated alkanes) is 1. The maximum atomic E-state index is 11.2. The summed E-state index contributed by atoms with van der Waals surface area (Å²) in [5, 5.41) is 6.71. The van der Waals surface area contributed by atoms with E-state index >= 15 is 0 Å². The van der Waals surface area contributed by atoms with Gasteiger partial charge in [-0.1, -0.05) is 6.07 Å². The number of carbonyl (C=O) groups is 1. The zero-order valence-corrected chi connectivity index (χ0v) is 20.7. The molecule has 0 radical (unpaired) electrons. The van der Waals surface area contributed by atoms with Crippen LogP contribution in [0.3, 0.4) is 0 Å². The van der Waals surface area contributed by atoms with E-state index in [1.165, 1.54) is 5.56 Å². The number of nitrogens with one attached hydrogen (secondary N) is 2. The third-order valence-corrected chi connectivity index (χ3v) is 5.63. The highest BCUT2D eigenvalue weighted by Gasteiger charge is 2.22. The third kappa shape index (κ3) is 8.36. The number of hydrogen-bond donors (Lipinski definition) is 3. The minimum Gasteiger partial charge on any atom is -0.454 e. The predicted octanol–water partition coefficient (Wildman–Crippen LogP) is 2.11. The van der Waals surface area contributed by atoms with Gasteiger partial charge in [0.1, 0.15) is 0 Å². The fourth-order valence-corrected chi connectivity index (χ4v) is 3.84. The highest BCUT2D eigenvalue weighted by molar-refractivity contribution is 14.0. The second kappa shape index (κ2) is 13.6. The second-order valence-electron chi connectivity index (χ2n) is 7.85. The molecule has 2 aliphatic heterocycles. The second-order valence-corrected chi connectivity index (χ2v) is 7.85. The Labute approximate surface area is 202 Å². The summed E-state index contributed by atoms with van der Waals surface area (Å²) >= 11 is 0. The molecule has 0 unspecified atom stereocenters. The van der Waals surface area contributed by atoms with Crippen molar-refractivity contribution in [1.29, 1.82) is 0 Å². The first kappa shape index (κ1) is 25.5. The normalized spacial score (nSPS) is 16.6. The lowest BCUT2D eigenvalue weighted by Gasteiger charge is -2.30. The van der Waals surface area contributed by atoms with Crippen molar-refractivity contribution in [2.75, 3.05) is 46.1 Å². The van der Waals surface area contributed by atoms with Crippen molar-refractivity contribution in [1.82, 2.24) is 15.5 Å². The smallest absolute Gasteiger partial charge is 0.231 e. The SMILES string of the molecule is CCNC(=NCCCCN1CCC(C(N)=O)CC1)NCCc1ccc2c(c1)OCO2.I. The number of benzene rings is 1. The maximum absolute atomic E-state index is 11.2. The van der Waals surface area contributed by atoms with Crippen LogP contribution in [0.4, 0.5) is 0 Å². The topological polar surface area (TPSA) is 101 Å². The van der Waals surface area contributed by atoms with Crippen LogP contribution in [0.25, 0.3) is 0 Å². The Morgan fingerprint density at radius 3 is 2.71 bits per heavy atom. The summed E-state index contributed by atoms with van der Waals surface area (Å²) < 4.78 is 10.8. The minimum atomic E-state index is -0.147. The Balaban J connectivity index is 0.00000341. The number of likely N-dealkylation sites (tertiary alicyclic amines) is 1. The van der Waals surface area contributed by atoms with Gasteiger partial charge in [-0.15, -0.1) is 24.0 Å². The maximum Gasteiger partial charge on any atom is 0.231 e. The average molecular weight is 545 g/mol. The van der Waals surface area contributed by atoms with E-state index in [1.54, 1.807) is 0 Å². The molecule has 2 heterocycles. The van der Waals surface area contributed by atoms with Crippen LogP contribution in [0.1, 0.15) is 38.2 Å². The molecular weight excluding hydrogens is 509 g/mol. The number of aliphatic imine (C=N–C) groups is 1. The Hall–Kier alpha value is -1.75. The fourth-order valence-electron chi connectivity index (χ4n) is 3.84. The molecule has 1 saturated heterocycles. The Morgan fingerprint density at radius 2 is 1.97 bits per heavy atom. The van der Waals surface area contributed by atoms with Crippen molar-refractivity contribution in [2.45, 2.75) is 39.0 Å². The lowest BCUT2D eigenvalue weighted by Crippen LogP contribution is -2.39. The summed E-state index contributed by atoms with van der Waals surface area (Å²) in [7, 11) is 0. The molecular formula is C22H36IN5O3. The van der Waals surface area contributed by atoms with Crippen LogP contribution in [0.15, 0.2) is 23.2 Å². The molecule has 1 amide bonds. The van der Waals surface area contributed by atoms with Gasteiger partial charge in [0.25, 0.3) is 0 Å². The van der Waals surface area contributed by atoms with Gasteiger partial charge in [-0.3, -0.25) is 9.79 Å². The molecule has 0 saturated carbocycles. The van der Waals surface area contributed by atoms with E-state index in [0.29, 0.717) is 6.79 Å². The van der Waals surface area contributed by atoms with E-state index in [-0.39, 0.29) is 35.8 Å². The summed E-state index contributed by atoms with van der Waals surface area (Å²) in [6.07, 6.45) is 4.84. The number of carbonyl (C=O) groups excluding carboxylic acids is 1. The highest BCUT2D eigenvalue weighted by Crippen LogP contribution is 2.32. The van der Waals surface area contributed by atoms with E-state index in [0.717, 1.165) is 88.8 Å².